The highest BCUT2D eigenvalue weighted by atomic mass is 32.2. The third kappa shape index (κ3) is 4.03. The number of rotatable bonds is 5. The van der Waals surface area contributed by atoms with E-state index in [0.29, 0.717) is 22.3 Å². The molecule has 0 amide bonds. The molecule has 1 aromatic heterocycles. The fraction of sp³-hybridized carbons (Fsp3) is 0.273. The van der Waals surface area contributed by atoms with Gasteiger partial charge in [0.05, 0.1) is 11.3 Å². The third-order valence-electron chi connectivity index (χ3n) is 2.28. The van der Waals surface area contributed by atoms with Gasteiger partial charge in [0, 0.05) is 12.0 Å². The summed E-state index contributed by atoms with van der Waals surface area (Å²) in [7, 11) is -2.99. The number of sulfone groups is 1. The van der Waals surface area contributed by atoms with E-state index in [1.165, 1.54) is 24.1 Å². The zero-order valence-electron chi connectivity index (χ0n) is 10.1. The van der Waals surface area contributed by atoms with E-state index in [9.17, 15) is 12.8 Å². The molecule has 2 rings (SSSR count). The van der Waals surface area contributed by atoms with Crippen LogP contribution < -0.4 is 0 Å². The highest BCUT2D eigenvalue weighted by molar-refractivity contribution is 8.00. The van der Waals surface area contributed by atoms with Crippen LogP contribution in [0.15, 0.2) is 29.4 Å². The van der Waals surface area contributed by atoms with Crippen molar-refractivity contribution in [2.75, 3.05) is 17.8 Å². The number of hydrogen-bond donors (Lipinski definition) is 1. The maximum absolute atomic E-state index is 13.5. The van der Waals surface area contributed by atoms with Crippen LogP contribution in [0, 0.1) is 5.82 Å². The van der Waals surface area contributed by atoms with Crippen LogP contribution in [0.2, 0.25) is 0 Å². The molecule has 0 fully saturated rings. The van der Waals surface area contributed by atoms with Crippen LogP contribution in [0.5, 0.6) is 0 Å². The lowest BCUT2D eigenvalue weighted by Crippen LogP contribution is -2.05. The first-order chi connectivity index (χ1) is 8.96. The van der Waals surface area contributed by atoms with Gasteiger partial charge in [-0.15, -0.1) is 5.10 Å². The molecule has 1 N–H and O–H groups in total. The number of nitrogens with one attached hydrogen (secondary N) is 1. The highest BCUT2D eigenvalue weighted by Crippen LogP contribution is 2.21. The third-order valence-corrected chi connectivity index (χ3v) is 4.33. The minimum Gasteiger partial charge on any atom is -0.258 e. The molecule has 1 aromatic carbocycles. The number of thioether (sulfide) groups is 1. The molecule has 0 unspecified atom stereocenters. The smallest absolute Gasteiger partial charge is 0.208 e. The summed E-state index contributed by atoms with van der Waals surface area (Å²) >= 11 is 1.21. The molecular weight excluding hydrogens is 289 g/mol. The molecule has 0 radical (unpaired) electrons. The van der Waals surface area contributed by atoms with E-state index in [1.807, 2.05) is 0 Å². The second-order valence-electron chi connectivity index (χ2n) is 3.92. The van der Waals surface area contributed by atoms with Crippen molar-refractivity contribution in [1.82, 2.24) is 15.2 Å². The molecule has 0 saturated heterocycles. The molecule has 19 heavy (non-hydrogen) atoms. The molecule has 8 heteroatoms. The minimum absolute atomic E-state index is 0.0568. The van der Waals surface area contributed by atoms with Gasteiger partial charge in [-0.2, -0.15) is 0 Å². The second-order valence-corrected chi connectivity index (χ2v) is 7.25. The average Bonchev–Trinajstić information content (AvgIpc) is 2.76. The predicted octanol–water partition coefficient (Wildman–Crippen LogP) is 1.75. The van der Waals surface area contributed by atoms with Crippen molar-refractivity contribution in [2.24, 2.45) is 0 Å². The van der Waals surface area contributed by atoms with Gasteiger partial charge in [0.1, 0.15) is 15.7 Å². The SMILES string of the molecule is CS(=O)(=O)CCSc1n[nH]c(-c2ccccc2F)n1. The van der Waals surface area contributed by atoms with Gasteiger partial charge >= 0.3 is 0 Å². The number of nitrogens with zero attached hydrogens (tertiary/aromatic N) is 2. The Morgan fingerprint density at radius 1 is 1.37 bits per heavy atom. The van der Waals surface area contributed by atoms with Gasteiger partial charge in [-0.25, -0.2) is 17.8 Å². The lowest BCUT2D eigenvalue weighted by molar-refractivity contribution is 0.603. The fourth-order valence-corrected chi connectivity index (χ4v) is 3.36. The molecule has 0 aliphatic heterocycles. The van der Waals surface area contributed by atoms with E-state index < -0.39 is 9.84 Å². The van der Waals surface area contributed by atoms with Gasteiger partial charge in [0.2, 0.25) is 5.16 Å². The van der Waals surface area contributed by atoms with E-state index in [1.54, 1.807) is 18.2 Å². The van der Waals surface area contributed by atoms with Crippen molar-refractivity contribution in [3.63, 3.8) is 0 Å². The summed E-state index contributed by atoms with van der Waals surface area (Å²) in [6.45, 7) is 0. The van der Waals surface area contributed by atoms with Crippen LogP contribution in [0.4, 0.5) is 4.39 Å². The maximum atomic E-state index is 13.5. The fourth-order valence-electron chi connectivity index (χ4n) is 1.37. The van der Waals surface area contributed by atoms with E-state index >= 15 is 0 Å². The van der Waals surface area contributed by atoms with Gasteiger partial charge in [0.25, 0.3) is 0 Å². The Kier molecular flexibility index (Phi) is 4.20. The highest BCUT2D eigenvalue weighted by Gasteiger charge is 2.10. The number of halogens is 1. The van der Waals surface area contributed by atoms with E-state index in [2.05, 4.69) is 15.2 Å². The zero-order valence-corrected chi connectivity index (χ0v) is 11.8. The number of hydrogen-bond acceptors (Lipinski definition) is 5. The molecule has 1 heterocycles. The Morgan fingerprint density at radius 3 is 2.79 bits per heavy atom. The standard InChI is InChI=1S/C11H12FN3O2S2/c1-19(16,17)7-6-18-11-13-10(14-15-11)8-4-2-3-5-9(8)12/h2-5H,6-7H2,1H3,(H,13,14,15). The van der Waals surface area contributed by atoms with Crippen LogP contribution in [-0.4, -0.2) is 41.4 Å². The Bertz CT molecular complexity index is 670. The Balaban J connectivity index is 2.06. The molecule has 5 nitrogen and oxygen atoms in total. The summed E-state index contributed by atoms with van der Waals surface area (Å²) in [6, 6.07) is 6.24. The molecular formula is C11H12FN3O2S2. The van der Waals surface area contributed by atoms with Gasteiger partial charge < -0.3 is 0 Å². The first-order valence-electron chi connectivity index (χ1n) is 5.43. The lowest BCUT2D eigenvalue weighted by atomic mass is 10.2. The van der Waals surface area contributed by atoms with Gasteiger partial charge in [-0.05, 0) is 12.1 Å². The Labute approximate surface area is 114 Å². The van der Waals surface area contributed by atoms with Crippen molar-refractivity contribution in [2.45, 2.75) is 5.16 Å². The Morgan fingerprint density at radius 2 is 2.11 bits per heavy atom. The van der Waals surface area contributed by atoms with E-state index in [4.69, 9.17) is 0 Å². The summed E-state index contributed by atoms with van der Waals surface area (Å²) in [6.07, 6.45) is 1.18. The first-order valence-corrected chi connectivity index (χ1v) is 8.48. The van der Waals surface area contributed by atoms with Crippen LogP contribution in [0.25, 0.3) is 11.4 Å². The lowest BCUT2D eigenvalue weighted by Gasteiger charge is -1.97. The molecule has 0 saturated carbocycles. The summed E-state index contributed by atoms with van der Waals surface area (Å²) in [5, 5.41) is 6.96. The maximum Gasteiger partial charge on any atom is 0.208 e. The molecule has 0 atom stereocenters. The molecule has 102 valence electrons. The van der Waals surface area contributed by atoms with Crippen molar-refractivity contribution < 1.29 is 12.8 Å². The number of aromatic amines is 1. The molecule has 0 aliphatic carbocycles. The molecule has 0 bridgehead atoms. The topological polar surface area (TPSA) is 75.7 Å². The summed E-state index contributed by atoms with van der Waals surface area (Å²) < 4.78 is 35.5. The second kappa shape index (κ2) is 5.70. The van der Waals surface area contributed by atoms with Crippen molar-refractivity contribution in [3.8, 4) is 11.4 Å². The van der Waals surface area contributed by atoms with Crippen LogP contribution >= 0.6 is 11.8 Å². The Hall–Kier alpha value is -1.41. The van der Waals surface area contributed by atoms with E-state index in [-0.39, 0.29) is 11.6 Å². The summed E-state index contributed by atoms with van der Waals surface area (Å²) in [5.41, 5.74) is 0.338. The van der Waals surface area contributed by atoms with E-state index in [0.717, 1.165) is 0 Å². The molecule has 0 spiro atoms. The van der Waals surface area contributed by atoms with Crippen molar-refractivity contribution in [3.05, 3.63) is 30.1 Å². The average molecular weight is 301 g/mol. The van der Waals surface area contributed by atoms with Crippen LogP contribution in [0.3, 0.4) is 0 Å². The zero-order chi connectivity index (χ0) is 13.9. The minimum atomic E-state index is -2.99. The normalized spacial score (nSPS) is 11.7. The largest absolute Gasteiger partial charge is 0.258 e. The first kappa shape index (κ1) is 14.0. The van der Waals surface area contributed by atoms with Crippen LogP contribution in [0.1, 0.15) is 0 Å². The van der Waals surface area contributed by atoms with Crippen LogP contribution in [-0.2, 0) is 9.84 Å². The van der Waals surface area contributed by atoms with Gasteiger partial charge in [-0.3, -0.25) is 5.10 Å². The summed E-state index contributed by atoms with van der Waals surface area (Å²) in [5.74, 6) is 0.376. The number of benzene rings is 1. The monoisotopic (exact) mass is 301 g/mol. The number of aromatic nitrogens is 3. The quantitative estimate of drug-likeness (QED) is 0.851. The molecule has 2 aromatic rings. The predicted molar refractivity (Wildman–Crippen MR) is 72.2 cm³/mol. The summed E-state index contributed by atoms with van der Waals surface area (Å²) in [4.78, 5) is 4.12. The van der Waals surface area contributed by atoms with Crippen molar-refractivity contribution in [1.29, 1.82) is 0 Å². The van der Waals surface area contributed by atoms with Gasteiger partial charge in [-0.1, -0.05) is 23.9 Å². The number of H-pyrrole nitrogens is 1. The molecule has 0 aliphatic rings. The van der Waals surface area contributed by atoms with Crippen molar-refractivity contribution >= 4 is 21.6 Å². The van der Waals surface area contributed by atoms with Gasteiger partial charge in [0.15, 0.2) is 5.82 Å².